The second kappa shape index (κ2) is 7.40. The van der Waals surface area contributed by atoms with E-state index in [9.17, 15) is 9.59 Å². The van der Waals surface area contributed by atoms with E-state index in [1.807, 2.05) is 31.2 Å². The van der Waals surface area contributed by atoms with Crippen LogP contribution >= 0.6 is 11.8 Å². The molecule has 8 heteroatoms. The Morgan fingerprint density at radius 3 is 2.71 bits per heavy atom. The molecule has 28 heavy (non-hydrogen) atoms. The molecule has 0 aliphatic carbocycles. The Morgan fingerprint density at radius 1 is 1.07 bits per heavy atom. The molecule has 0 atom stereocenters. The number of esters is 1. The average Bonchev–Trinajstić information content (AvgIpc) is 2.70. The summed E-state index contributed by atoms with van der Waals surface area (Å²) in [5.74, 6) is 1.14. The van der Waals surface area contributed by atoms with Gasteiger partial charge in [-0.25, -0.2) is 19.7 Å². The van der Waals surface area contributed by atoms with E-state index in [0.29, 0.717) is 33.9 Å². The smallest absolute Gasteiger partial charge is 0.337 e. The van der Waals surface area contributed by atoms with Gasteiger partial charge < -0.3 is 9.72 Å². The minimum absolute atomic E-state index is 0.249. The number of para-hydroxylation sites is 1. The van der Waals surface area contributed by atoms with Crippen molar-refractivity contribution in [3.05, 3.63) is 70.0 Å². The highest BCUT2D eigenvalue weighted by atomic mass is 32.2. The number of fused-ring (bicyclic) bond motifs is 2. The molecule has 0 saturated carbocycles. The van der Waals surface area contributed by atoms with Crippen LogP contribution < -0.4 is 5.56 Å². The fourth-order valence-electron chi connectivity index (χ4n) is 2.91. The van der Waals surface area contributed by atoms with E-state index in [0.717, 1.165) is 15.9 Å². The zero-order valence-electron chi connectivity index (χ0n) is 15.2. The molecule has 0 radical (unpaired) electrons. The molecule has 0 amide bonds. The molecular weight excluding hydrogens is 376 g/mol. The van der Waals surface area contributed by atoms with Crippen LogP contribution in [0, 0.1) is 6.92 Å². The van der Waals surface area contributed by atoms with E-state index in [4.69, 9.17) is 4.74 Å². The van der Waals surface area contributed by atoms with E-state index in [1.54, 1.807) is 18.2 Å². The maximum atomic E-state index is 12.4. The first-order valence-corrected chi connectivity index (χ1v) is 9.51. The van der Waals surface area contributed by atoms with E-state index in [1.165, 1.54) is 18.9 Å². The molecule has 0 aliphatic rings. The molecule has 4 aromatic rings. The fraction of sp³-hybridized carbons (Fsp3) is 0.150. The quantitative estimate of drug-likeness (QED) is 0.323. The second-order valence-electron chi connectivity index (χ2n) is 6.12. The van der Waals surface area contributed by atoms with Crippen LogP contribution in [0.2, 0.25) is 0 Å². The van der Waals surface area contributed by atoms with Gasteiger partial charge in [0.15, 0.2) is 0 Å². The summed E-state index contributed by atoms with van der Waals surface area (Å²) in [7, 11) is 1.31. The van der Waals surface area contributed by atoms with Gasteiger partial charge in [-0.1, -0.05) is 30.0 Å². The van der Waals surface area contributed by atoms with Gasteiger partial charge in [0.05, 0.1) is 34.8 Å². The van der Waals surface area contributed by atoms with Gasteiger partial charge in [-0.2, -0.15) is 0 Å². The lowest BCUT2D eigenvalue weighted by molar-refractivity contribution is 0.0601. The molecule has 4 rings (SSSR count). The lowest BCUT2D eigenvalue weighted by Gasteiger charge is -2.07. The first kappa shape index (κ1) is 18.1. The summed E-state index contributed by atoms with van der Waals surface area (Å²) in [6, 6.07) is 12.5. The number of nitrogens with zero attached hydrogens (tertiary/aromatic N) is 3. The molecule has 0 fully saturated rings. The van der Waals surface area contributed by atoms with Crippen molar-refractivity contribution in [2.45, 2.75) is 17.7 Å². The van der Waals surface area contributed by atoms with Crippen molar-refractivity contribution in [1.29, 1.82) is 0 Å². The third-order valence-corrected chi connectivity index (χ3v) is 5.20. The number of hydrogen-bond acceptors (Lipinski definition) is 7. The van der Waals surface area contributed by atoms with Crippen molar-refractivity contribution in [1.82, 2.24) is 19.9 Å². The molecule has 0 aliphatic heterocycles. The van der Waals surface area contributed by atoms with Crippen LogP contribution in [-0.4, -0.2) is 33.0 Å². The number of benzene rings is 2. The summed E-state index contributed by atoms with van der Waals surface area (Å²) in [5, 5.41) is 2.20. The van der Waals surface area contributed by atoms with Gasteiger partial charge in [-0.05, 0) is 31.2 Å². The summed E-state index contributed by atoms with van der Waals surface area (Å²) in [4.78, 5) is 40.4. The van der Waals surface area contributed by atoms with E-state index < -0.39 is 5.97 Å². The van der Waals surface area contributed by atoms with Crippen molar-refractivity contribution in [3.8, 4) is 0 Å². The fourth-order valence-corrected chi connectivity index (χ4v) is 3.84. The number of rotatable bonds is 4. The Balaban J connectivity index is 1.69. The topological polar surface area (TPSA) is 97.8 Å². The standard InChI is InChI=1S/C20H16N4O3S/c1-11-21-15-6-4-3-5-14(15)19(22-11)28-10-17-23-16-9-12(20(26)27-2)7-8-13(16)18(25)24-17/h3-9H,10H2,1-2H3,(H,23,24,25). The van der Waals surface area contributed by atoms with Crippen LogP contribution in [0.1, 0.15) is 22.0 Å². The summed E-state index contributed by atoms with van der Waals surface area (Å²) < 4.78 is 4.73. The number of carbonyl (C=O) groups excluding carboxylic acids is 1. The van der Waals surface area contributed by atoms with Crippen LogP contribution in [0.3, 0.4) is 0 Å². The number of nitrogens with one attached hydrogen (secondary N) is 1. The largest absolute Gasteiger partial charge is 0.465 e. The summed E-state index contributed by atoms with van der Waals surface area (Å²) in [6.45, 7) is 1.85. The zero-order chi connectivity index (χ0) is 19.7. The predicted octanol–water partition coefficient (Wildman–Crippen LogP) is 3.25. The molecule has 0 unspecified atom stereocenters. The first-order chi connectivity index (χ1) is 13.5. The normalized spacial score (nSPS) is 11.1. The monoisotopic (exact) mass is 392 g/mol. The summed E-state index contributed by atoms with van der Waals surface area (Å²) >= 11 is 1.47. The number of aromatic nitrogens is 4. The van der Waals surface area contributed by atoms with Crippen LogP contribution in [0.5, 0.6) is 0 Å². The molecule has 2 aromatic carbocycles. The number of thioether (sulfide) groups is 1. The SMILES string of the molecule is COC(=O)c1ccc2c(=O)[nH]c(CSc3nc(C)nc4ccccc34)nc2c1. The van der Waals surface area contributed by atoms with Gasteiger partial charge in [0.25, 0.3) is 5.56 Å². The number of H-pyrrole nitrogens is 1. The summed E-state index contributed by atoms with van der Waals surface area (Å²) in [6.07, 6.45) is 0. The van der Waals surface area contributed by atoms with E-state index in [2.05, 4.69) is 19.9 Å². The van der Waals surface area contributed by atoms with Crippen molar-refractivity contribution in [2.75, 3.05) is 7.11 Å². The number of carbonyl (C=O) groups is 1. The van der Waals surface area contributed by atoms with Crippen LogP contribution in [0.15, 0.2) is 52.3 Å². The Morgan fingerprint density at radius 2 is 1.89 bits per heavy atom. The molecule has 2 aromatic heterocycles. The number of aryl methyl sites for hydroxylation is 1. The highest BCUT2D eigenvalue weighted by Gasteiger charge is 2.11. The number of hydrogen-bond donors (Lipinski definition) is 1. The van der Waals surface area contributed by atoms with E-state index in [-0.39, 0.29) is 5.56 Å². The zero-order valence-corrected chi connectivity index (χ0v) is 16.0. The van der Waals surface area contributed by atoms with E-state index >= 15 is 0 Å². The third kappa shape index (κ3) is 3.46. The van der Waals surface area contributed by atoms with Crippen LogP contribution in [0.4, 0.5) is 0 Å². The molecule has 0 saturated heterocycles. The number of aromatic amines is 1. The van der Waals surface area contributed by atoms with Gasteiger partial charge in [-0.3, -0.25) is 4.79 Å². The van der Waals surface area contributed by atoms with Gasteiger partial charge in [-0.15, -0.1) is 0 Å². The summed E-state index contributed by atoms with van der Waals surface area (Å²) in [5.41, 5.74) is 1.43. The Kier molecular flexibility index (Phi) is 4.79. The Hall–Kier alpha value is -3.26. The van der Waals surface area contributed by atoms with Crippen LogP contribution in [0.25, 0.3) is 21.8 Å². The Bertz CT molecular complexity index is 1270. The molecule has 0 spiro atoms. The highest BCUT2D eigenvalue weighted by molar-refractivity contribution is 7.98. The van der Waals surface area contributed by atoms with Gasteiger partial charge >= 0.3 is 5.97 Å². The lowest BCUT2D eigenvalue weighted by atomic mass is 10.1. The van der Waals surface area contributed by atoms with Crippen molar-refractivity contribution in [2.24, 2.45) is 0 Å². The number of methoxy groups -OCH3 is 1. The number of ether oxygens (including phenoxy) is 1. The van der Waals surface area contributed by atoms with Crippen LogP contribution in [-0.2, 0) is 10.5 Å². The molecular formula is C20H16N4O3S. The Labute approximate surface area is 164 Å². The average molecular weight is 392 g/mol. The van der Waals surface area contributed by atoms with Gasteiger partial charge in [0.2, 0.25) is 0 Å². The highest BCUT2D eigenvalue weighted by Crippen LogP contribution is 2.27. The molecule has 7 nitrogen and oxygen atoms in total. The van der Waals surface area contributed by atoms with Crippen molar-refractivity contribution >= 4 is 39.5 Å². The second-order valence-corrected chi connectivity index (χ2v) is 7.08. The molecule has 140 valence electrons. The minimum atomic E-state index is -0.470. The minimum Gasteiger partial charge on any atom is -0.465 e. The van der Waals surface area contributed by atoms with Crippen molar-refractivity contribution < 1.29 is 9.53 Å². The molecule has 2 heterocycles. The van der Waals surface area contributed by atoms with Gasteiger partial charge in [0.1, 0.15) is 16.7 Å². The molecule has 1 N–H and O–H groups in total. The van der Waals surface area contributed by atoms with Crippen molar-refractivity contribution in [3.63, 3.8) is 0 Å². The maximum Gasteiger partial charge on any atom is 0.337 e. The first-order valence-electron chi connectivity index (χ1n) is 8.52. The molecule has 0 bridgehead atoms. The third-order valence-electron chi connectivity index (χ3n) is 4.20. The maximum absolute atomic E-state index is 12.4. The van der Waals surface area contributed by atoms with Gasteiger partial charge in [0, 0.05) is 5.39 Å². The predicted molar refractivity (Wildman–Crippen MR) is 108 cm³/mol. The lowest BCUT2D eigenvalue weighted by Crippen LogP contribution is -2.12.